The van der Waals surface area contributed by atoms with Gasteiger partial charge in [-0.05, 0) is 37.8 Å². The van der Waals surface area contributed by atoms with Crippen LogP contribution in [0.3, 0.4) is 0 Å². The maximum atomic E-state index is 12.2. The van der Waals surface area contributed by atoms with Crippen molar-refractivity contribution < 1.29 is 14.3 Å². The third kappa shape index (κ3) is 5.44. The molecule has 0 aliphatic rings. The first kappa shape index (κ1) is 21.7. The molecule has 2 aromatic rings. The monoisotopic (exact) mass is 420 g/mol. The summed E-state index contributed by atoms with van der Waals surface area (Å²) in [4.78, 5) is 24.2. The van der Waals surface area contributed by atoms with E-state index >= 15 is 0 Å². The number of halogens is 1. The van der Waals surface area contributed by atoms with Gasteiger partial charge in [0.15, 0.2) is 6.10 Å². The minimum Gasteiger partial charge on any atom is -0.449 e. The number of esters is 1. The van der Waals surface area contributed by atoms with Crippen molar-refractivity contribution in [3.05, 3.63) is 39.5 Å². The van der Waals surface area contributed by atoms with E-state index in [0.717, 1.165) is 12.8 Å². The van der Waals surface area contributed by atoms with Crippen LogP contribution < -0.4 is 5.32 Å². The number of nitriles is 1. The van der Waals surface area contributed by atoms with Gasteiger partial charge in [-0.15, -0.1) is 11.3 Å². The summed E-state index contributed by atoms with van der Waals surface area (Å²) in [5.41, 5.74) is 1.71. The molecule has 0 aliphatic carbocycles. The summed E-state index contributed by atoms with van der Waals surface area (Å²) in [5.74, 6) is -1.19. The van der Waals surface area contributed by atoms with Crippen molar-refractivity contribution >= 4 is 45.9 Å². The Labute approximate surface area is 172 Å². The summed E-state index contributed by atoms with van der Waals surface area (Å²) in [6.45, 7) is 6.06. The second-order valence-corrected chi connectivity index (χ2v) is 7.32. The van der Waals surface area contributed by atoms with Crippen LogP contribution in [0.1, 0.15) is 43.5 Å². The molecule has 0 aromatic carbocycles. The highest BCUT2D eigenvalue weighted by Gasteiger charge is 2.19. The molecule has 148 valence electrons. The largest absolute Gasteiger partial charge is 0.449 e. The average molecular weight is 421 g/mol. The molecule has 0 bridgehead atoms. The van der Waals surface area contributed by atoms with E-state index in [4.69, 9.17) is 21.6 Å². The molecule has 0 aliphatic heterocycles. The van der Waals surface area contributed by atoms with Crippen molar-refractivity contribution in [2.75, 3.05) is 5.32 Å². The van der Waals surface area contributed by atoms with Crippen molar-refractivity contribution in [2.24, 2.45) is 0 Å². The molecule has 0 fully saturated rings. The van der Waals surface area contributed by atoms with Crippen molar-refractivity contribution in [2.45, 2.75) is 46.3 Å². The Morgan fingerprint density at radius 3 is 2.96 bits per heavy atom. The fourth-order valence-electron chi connectivity index (χ4n) is 2.34. The molecule has 1 N–H and O–H groups in total. The summed E-state index contributed by atoms with van der Waals surface area (Å²) in [6.07, 6.45) is 3.71. The number of aromatic nitrogens is 2. The second kappa shape index (κ2) is 10.1. The smallest absolute Gasteiger partial charge is 0.331 e. The van der Waals surface area contributed by atoms with Crippen LogP contribution in [0.25, 0.3) is 6.08 Å². The van der Waals surface area contributed by atoms with Gasteiger partial charge >= 0.3 is 5.97 Å². The molecular weight excluding hydrogens is 400 g/mol. The van der Waals surface area contributed by atoms with E-state index in [1.54, 1.807) is 16.1 Å². The standard InChI is InChI=1S/C19H21ClN4O3S/c1-4-5-9-24-17(20)15(12(2)23-24)6-7-16(25)27-13(3)18(26)22-19-14(11-21)8-10-28-19/h6-8,10,13H,4-5,9H2,1-3H3,(H,22,26)/b7-6+/t13-/m0/s1. The number of aryl methyl sites for hydroxylation is 2. The molecule has 7 nitrogen and oxygen atoms in total. The van der Waals surface area contributed by atoms with E-state index in [9.17, 15) is 9.59 Å². The van der Waals surface area contributed by atoms with Crippen LogP contribution in [-0.2, 0) is 20.9 Å². The number of amides is 1. The average Bonchev–Trinajstić information content (AvgIpc) is 3.22. The van der Waals surface area contributed by atoms with Crippen LogP contribution in [0.5, 0.6) is 0 Å². The van der Waals surface area contributed by atoms with Crippen molar-refractivity contribution in [1.29, 1.82) is 5.26 Å². The number of nitrogens with one attached hydrogen (secondary N) is 1. The van der Waals surface area contributed by atoms with Gasteiger partial charge in [-0.25, -0.2) is 4.79 Å². The third-order valence-corrected chi connectivity index (χ3v) is 5.13. The molecule has 2 rings (SSSR count). The molecule has 2 heterocycles. The maximum absolute atomic E-state index is 12.2. The van der Waals surface area contributed by atoms with E-state index < -0.39 is 18.0 Å². The van der Waals surface area contributed by atoms with Gasteiger partial charge in [0.05, 0.1) is 11.3 Å². The Balaban J connectivity index is 1.97. The molecule has 1 amide bonds. The zero-order chi connectivity index (χ0) is 20.7. The van der Waals surface area contributed by atoms with Crippen LogP contribution >= 0.6 is 22.9 Å². The van der Waals surface area contributed by atoms with Crippen molar-refractivity contribution in [3.8, 4) is 6.07 Å². The van der Waals surface area contributed by atoms with Gasteiger partial charge in [0.25, 0.3) is 5.91 Å². The lowest BCUT2D eigenvalue weighted by Gasteiger charge is -2.11. The lowest BCUT2D eigenvalue weighted by molar-refractivity contribution is -0.148. The number of anilines is 1. The van der Waals surface area contributed by atoms with Crippen LogP contribution in [0.15, 0.2) is 17.5 Å². The Hall–Kier alpha value is -2.63. The van der Waals surface area contributed by atoms with Gasteiger partial charge in [0, 0.05) is 18.2 Å². The van der Waals surface area contributed by atoms with Crippen LogP contribution in [0.2, 0.25) is 5.15 Å². The first-order valence-electron chi connectivity index (χ1n) is 8.77. The van der Waals surface area contributed by atoms with Gasteiger partial charge in [0.2, 0.25) is 0 Å². The highest BCUT2D eigenvalue weighted by atomic mass is 35.5. The molecule has 2 aromatic heterocycles. The van der Waals surface area contributed by atoms with Gasteiger partial charge in [-0.2, -0.15) is 10.4 Å². The Bertz CT molecular complexity index is 926. The first-order chi connectivity index (χ1) is 13.4. The van der Waals surface area contributed by atoms with Gasteiger partial charge < -0.3 is 10.1 Å². The van der Waals surface area contributed by atoms with Crippen molar-refractivity contribution in [1.82, 2.24) is 9.78 Å². The summed E-state index contributed by atoms with van der Waals surface area (Å²) in [7, 11) is 0. The topological polar surface area (TPSA) is 97.0 Å². The molecule has 1 atom stereocenters. The third-order valence-electron chi connectivity index (χ3n) is 3.90. The maximum Gasteiger partial charge on any atom is 0.331 e. The van der Waals surface area contributed by atoms with Gasteiger partial charge in [-0.1, -0.05) is 24.9 Å². The highest BCUT2D eigenvalue weighted by Crippen LogP contribution is 2.23. The van der Waals surface area contributed by atoms with Crippen molar-refractivity contribution in [3.63, 3.8) is 0 Å². The van der Waals surface area contributed by atoms with E-state index in [0.29, 0.717) is 33.5 Å². The van der Waals surface area contributed by atoms with Gasteiger partial charge in [-0.3, -0.25) is 9.48 Å². The fraction of sp³-hybridized carbons (Fsp3) is 0.368. The number of nitrogens with zero attached hydrogens (tertiary/aromatic N) is 3. The number of carbonyl (C=O) groups is 2. The number of hydrogen-bond donors (Lipinski definition) is 1. The Kier molecular flexibility index (Phi) is 7.79. The molecule has 0 radical (unpaired) electrons. The molecule has 0 saturated carbocycles. The van der Waals surface area contributed by atoms with E-state index in [1.807, 2.05) is 13.0 Å². The molecule has 0 saturated heterocycles. The highest BCUT2D eigenvalue weighted by molar-refractivity contribution is 7.14. The normalized spacial score (nSPS) is 12.0. The lowest BCUT2D eigenvalue weighted by atomic mass is 10.2. The Morgan fingerprint density at radius 2 is 2.29 bits per heavy atom. The minimum atomic E-state index is -1.02. The number of unbranched alkanes of at least 4 members (excludes halogenated alkanes) is 1. The Morgan fingerprint density at radius 1 is 1.54 bits per heavy atom. The molecule has 0 unspecified atom stereocenters. The molecular formula is C19H21ClN4O3S. The summed E-state index contributed by atoms with van der Waals surface area (Å²) in [6, 6.07) is 3.58. The van der Waals surface area contributed by atoms with Crippen LogP contribution in [-0.4, -0.2) is 27.8 Å². The zero-order valence-electron chi connectivity index (χ0n) is 15.9. The number of thiophene rings is 1. The lowest BCUT2D eigenvalue weighted by Crippen LogP contribution is -2.29. The summed E-state index contributed by atoms with van der Waals surface area (Å²) in [5, 5.41) is 18.5. The van der Waals surface area contributed by atoms with Gasteiger partial charge in [0.1, 0.15) is 16.2 Å². The predicted molar refractivity (Wildman–Crippen MR) is 109 cm³/mol. The minimum absolute atomic E-state index is 0.363. The predicted octanol–water partition coefficient (Wildman–Crippen LogP) is 4.16. The van der Waals surface area contributed by atoms with Crippen LogP contribution in [0, 0.1) is 18.3 Å². The number of ether oxygens (including phenoxy) is 1. The SMILES string of the molecule is CCCCn1nc(C)c(/C=C/C(=O)O[C@@H](C)C(=O)Nc2sccc2C#N)c1Cl. The van der Waals surface area contributed by atoms with E-state index in [1.165, 1.54) is 30.4 Å². The molecule has 28 heavy (non-hydrogen) atoms. The fourth-order valence-corrected chi connectivity index (χ4v) is 3.40. The number of rotatable bonds is 8. The van der Waals surface area contributed by atoms with E-state index in [-0.39, 0.29) is 0 Å². The van der Waals surface area contributed by atoms with E-state index in [2.05, 4.69) is 17.3 Å². The second-order valence-electron chi connectivity index (χ2n) is 6.04. The summed E-state index contributed by atoms with van der Waals surface area (Å²) >= 11 is 7.55. The number of carbonyl (C=O) groups excluding carboxylic acids is 2. The first-order valence-corrected chi connectivity index (χ1v) is 10.0. The molecule has 0 spiro atoms. The molecule has 9 heteroatoms. The quantitative estimate of drug-likeness (QED) is 0.510. The number of hydrogen-bond acceptors (Lipinski definition) is 6. The summed E-state index contributed by atoms with van der Waals surface area (Å²) < 4.78 is 6.82. The van der Waals surface area contributed by atoms with Crippen LogP contribution in [0.4, 0.5) is 5.00 Å². The zero-order valence-corrected chi connectivity index (χ0v) is 17.4.